The van der Waals surface area contributed by atoms with Crippen molar-refractivity contribution < 1.29 is 9.53 Å². The number of nitrogens with one attached hydrogen (secondary N) is 2. The van der Waals surface area contributed by atoms with Gasteiger partial charge in [-0.25, -0.2) is 0 Å². The number of hydrogen-bond acceptors (Lipinski definition) is 3. The molecule has 0 aromatic rings. The zero-order chi connectivity index (χ0) is 13.6. The Morgan fingerprint density at radius 1 is 1.33 bits per heavy atom. The van der Waals surface area contributed by atoms with Crippen LogP contribution in [0.5, 0.6) is 0 Å². The van der Waals surface area contributed by atoms with Gasteiger partial charge in [-0.2, -0.15) is 0 Å². The molecule has 1 rings (SSSR count). The molecule has 2 atom stereocenters. The van der Waals surface area contributed by atoms with Gasteiger partial charge in [-0.15, -0.1) is 0 Å². The Balaban J connectivity index is 2.12. The zero-order valence-electron chi connectivity index (χ0n) is 12.2. The second kappa shape index (κ2) is 7.10. The van der Waals surface area contributed by atoms with Gasteiger partial charge in [-0.05, 0) is 24.2 Å². The normalized spacial score (nSPS) is 26.2. The Hall–Kier alpha value is -0.610. The predicted molar refractivity (Wildman–Crippen MR) is 73.5 cm³/mol. The molecule has 0 aromatic carbocycles. The lowest BCUT2D eigenvalue weighted by Crippen LogP contribution is -2.36. The van der Waals surface area contributed by atoms with Crippen LogP contribution in [0.3, 0.4) is 0 Å². The van der Waals surface area contributed by atoms with Crippen molar-refractivity contribution in [1.82, 2.24) is 10.6 Å². The monoisotopic (exact) mass is 256 g/mol. The molecule has 0 heterocycles. The molecular formula is C14H28N2O2. The van der Waals surface area contributed by atoms with Crippen LogP contribution in [-0.2, 0) is 9.53 Å². The van der Waals surface area contributed by atoms with Crippen LogP contribution in [0.4, 0.5) is 0 Å². The van der Waals surface area contributed by atoms with Crippen molar-refractivity contribution in [2.75, 3.05) is 26.8 Å². The lowest BCUT2D eigenvalue weighted by molar-refractivity contribution is -0.121. The number of amides is 1. The summed E-state index contributed by atoms with van der Waals surface area (Å²) in [5.74, 6) is 0.806. The van der Waals surface area contributed by atoms with Gasteiger partial charge in [-0.1, -0.05) is 20.8 Å². The summed E-state index contributed by atoms with van der Waals surface area (Å²) in [6.07, 6.45) is 3.03. The van der Waals surface area contributed by atoms with Gasteiger partial charge in [0.05, 0.1) is 6.61 Å². The summed E-state index contributed by atoms with van der Waals surface area (Å²) in [5.41, 5.74) is 0.442. The lowest BCUT2D eigenvalue weighted by atomic mass is 9.91. The van der Waals surface area contributed by atoms with Crippen LogP contribution in [0.15, 0.2) is 0 Å². The highest BCUT2D eigenvalue weighted by molar-refractivity contribution is 5.76. The van der Waals surface area contributed by atoms with Crippen molar-refractivity contribution in [2.45, 2.75) is 46.1 Å². The van der Waals surface area contributed by atoms with E-state index in [1.54, 1.807) is 7.11 Å². The van der Waals surface area contributed by atoms with Crippen LogP contribution < -0.4 is 10.6 Å². The van der Waals surface area contributed by atoms with E-state index >= 15 is 0 Å². The third-order valence-corrected chi connectivity index (χ3v) is 3.72. The molecule has 4 nitrogen and oxygen atoms in total. The average molecular weight is 256 g/mol. The second-order valence-electron chi connectivity index (χ2n) is 6.20. The first-order chi connectivity index (χ1) is 8.44. The van der Waals surface area contributed by atoms with Crippen LogP contribution >= 0.6 is 0 Å². The van der Waals surface area contributed by atoms with E-state index in [0.717, 1.165) is 6.54 Å². The molecule has 0 spiro atoms. The molecule has 0 bridgehead atoms. The van der Waals surface area contributed by atoms with Crippen LogP contribution in [0.25, 0.3) is 0 Å². The topological polar surface area (TPSA) is 50.4 Å². The maximum Gasteiger partial charge on any atom is 0.221 e. The number of rotatable bonds is 7. The molecule has 4 heteroatoms. The smallest absolute Gasteiger partial charge is 0.221 e. The minimum absolute atomic E-state index is 0.101. The molecule has 106 valence electrons. The molecule has 18 heavy (non-hydrogen) atoms. The van der Waals surface area contributed by atoms with Gasteiger partial charge in [0, 0.05) is 32.7 Å². The van der Waals surface area contributed by atoms with Gasteiger partial charge >= 0.3 is 0 Å². The Bertz CT molecular complexity index is 267. The molecule has 1 fully saturated rings. The summed E-state index contributed by atoms with van der Waals surface area (Å²) >= 11 is 0. The molecule has 0 saturated heterocycles. The third-order valence-electron chi connectivity index (χ3n) is 3.72. The van der Waals surface area contributed by atoms with Crippen molar-refractivity contribution in [2.24, 2.45) is 11.3 Å². The summed E-state index contributed by atoms with van der Waals surface area (Å²) in [5, 5.41) is 6.35. The van der Waals surface area contributed by atoms with Crippen molar-refractivity contribution >= 4 is 5.91 Å². The van der Waals surface area contributed by atoms with E-state index in [1.165, 1.54) is 12.8 Å². The van der Waals surface area contributed by atoms with Gasteiger partial charge < -0.3 is 15.4 Å². The number of ether oxygens (including phenoxy) is 1. The fourth-order valence-corrected chi connectivity index (χ4v) is 2.92. The van der Waals surface area contributed by atoms with E-state index in [4.69, 9.17) is 4.74 Å². The first kappa shape index (κ1) is 15.4. The summed E-state index contributed by atoms with van der Waals surface area (Å²) in [4.78, 5) is 11.5. The van der Waals surface area contributed by atoms with Crippen molar-refractivity contribution in [3.8, 4) is 0 Å². The first-order valence-corrected chi connectivity index (χ1v) is 6.93. The fourth-order valence-electron chi connectivity index (χ4n) is 2.92. The number of methoxy groups -OCH3 is 1. The quantitative estimate of drug-likeness (QED) is 0.680. The van der Waals surface area contributed by atoms with E-state index in [-0.39, 0.29) is 5.91 Å². The minimum atomic E-state index is 0.101. The first-order valence-electron chi connectivity index (χ1n) is 6.93. The van der Waals surface area contributed by atoms with E-state index in [9.17, 15) is 4.79 Å². The van der Waals surface area contributed by atoms with E-state index in [1.807, 2.05) is 0 Å². The van der Waals surface area contributed by atoms with Gasteiger partial charge in [-0.3, -0.25) is 4.79 Å². The maximum atomic E-state index is 11.5. The molecule has 2 N–H and O–H groups in total. The number of carbonyl (C=O) groups excluding carboxylic acids is 1. The van der Waals surface area contributed by atoms with Gasteiger partial charge in [0.15, 0.2) is 0 Å². The molecule has 1 aliphatic rings. The molecule has 1 saturated carbocycles. The Morgan fingerprint density at radius 2 is 2.06 bits per heavy atom. The Morgan fingerprint density at radius 3 is 2.61 bits per heavy atom. The Labute approximate surface area is 111 Å². The van der Waals surface area contributed by atoms with E-state index in [0.29, 0.717) is 36.9 Å². The molecule has 0 radical (unpaired) electrons. The summed E-state index contributed by atoms with van der Waals surface area (Å²) in [7, 11) is 1.64. The summed E-state index contributed by atoms with van der Waals surface area (Å²) in [6.45, 7) is 8.88. The second-order valence-corrected chi connectivity index (χ2v) is 6.20. The third kappa shape index (κ3) is 5.36. The summed E-state index contributed by atoms with van der Waals surface area (Å²) < 4.78 is 4.88. The number of carbonyl (C=O) groups is 1. The average Bonchev–Trinajstić information content (AvgIpc) is 2.52. The lowest BCUT2D eigenvalue weighted by Gasteiger charge is -2.18. The highest BCUT2D eigenvalue weighted by Gasteiger charge is 2.36. The molecule has 2 unspecified atom stereocenters. The fraction of sp³-hybridized carbons (Fsp3) is 0.929. The molecule has 1 amide bonds. The van der Waals surface area contributed by atoms with E-state index < -0.39 is 0 Å². The maximum absolute atomic E-state index is 11.5. The predicted octanol–water partition coefficient (Wildman–Crippen LogP) is 1.55. The van der Waals surface area contributed by atoms with Gasteiger partial charge in [0.1, 0.15) is 0 Å². The van der Waals surface area contributed by atoms with Gasteiger partial charge in [0.2, 0.25) is 5.91 Å². The van der Waals surface area contributed by atoms with Gasteiger partial charge in [0.25, 0.3) is 0 Å². The largest absolute Gasteiger partial charge is 0.383 e. The standard InChI is InChI=1S/C14H28N2O2/c1-11-9-14(2,3)10-12(11)15-6-5-13(17)16-7-8-18-4/h11-12,15H,5-10H2,1-4H3,(H,16,17). The molecule has 0 aromatic heterocycles. The minimum Gasteiger partial charge on any atom is -0.383 e. The summed E-state index contributed by atoms with van der Waals surface area (Å²) in [6, 6.07) is 0.562. The number of hydrogen-bond donors (Lipinski definition) is 2. The Kier molecular flexibility index (Phi) is 6.09. The SMILES string of the molecule is COCCNC(=O)CCNC1CC(C)(C)CC1C. The molecular weight excluding hydrogens is 228 g/mol. The van der Waals surface area contributed by atoms with Crippen molar-refractivity contribution in [1.29, 1.82) is 0 Å². The van der Waals surface area contributed by atoms with Crippen LogP contribution in [0.1, 0.15) is 40.0 Å². The highest BCUT2D eigenvalue weighted by atomic mass is 16.5. The highest BCUT2D eigenvalue weighted by Crippen LogP contribution is 2.40. The van der Waals surface area contributed by atoms with Crippen molar-refractivity contribution in [3.63, 3.8) is 0 Å². The zero-order valence-corrected chi connectivity index (χ0v) is 12.2. The van der Waals surface area contributed by atoms with Crippen LogP contribution in [0, 0.1) is 11.3 Å². The van der Waals surface area contributed by atoms with E-state index in [2.05, 4.69) is 31.4 Å². The van der Waals surface area contributed by atoms with Crippen LogP contribution in [-0.4, -0.2) is 38.8 Å². The molecule has 0 aliphatic heterocycles. The van der Waals surface area contributed by atoms with Crippen LogP contribution in [0.2, 0.25) is 0 Å². The molecule has 1 aliphatic carbocycles. The van der Waals surface area contributed by atoms with Crippen molar-refractivity contribution in [3.05, 3.63) is 0 Å².